The fourth-order valence-electron chi connectivity index (χ4n) is 3.17. The molecular formula is C22H19NO. The van der Waals surface area contributed by atoms with Gasteiger partial charge in [0.25, 0.3) is 0 Å². The second-order valence-corrected chi connectivity index (χ2v) is 6.19. The molecule has 2 nitrogen and oxygen atoms in total. The van der Waals surface area contributed by atoms with Gasteiger partial charge >= 0.3 is 0 Å². The average Bonchev–Trinajstić information content (AvgIpc) is 2.63. The third-order valence-electron chi connectivity index (χ3n) is 4.69. The van der Waals surface area contributed by atoms with E-state index >= 15 is 0 Å². The lowest BCUT2D eigenvalue weighted by molar-refractivity contribution is 0.415. The van der Waals surface area contributed by atoms with Gasteiger partial charge in [-0.3, -0.25) is 0 Å². The highest BCUT2D eigenvalue weighted by Gasteiger charge is 2.11. The topological polar surface area (TPSA) is 22.1 Å². The summed E-state index contributed by atoms with van der Waals surface area (Å²) in [5.74, 6) is 0.855. The van der Waals surface area contributed by atoms with Crippen LogP contribution in [0, 0.1) is 13.8 Å². The van der Waals surface area contributed by atoms with E-state index < -0.39 is 0 Å². The molecule has 1 aromatic heterocycles. The molecule has 118 valence electrons. The Morgan fingerprint density at radius 1 is 0.750 bits per heavy atom. The van der Waals surface area contributed by atoms with Gasteiger partial charge in [-0.2, -0.15) is 0 Å². The molecule has 0 aliphatic heterocycles. The Morgan fingerprint density at radius 3 is 2.29 bits per heavy atom. The number of nitrogens with zero attached hydrogens (tertiary/aromatic N) is 1. The second-order valence-electron chi connectivity index (χ2n) is 6.19. The molecule has 0 N–H and O–H groups in total. The second kappa shape index (κ2) is 5.64. The lowest BCUT2D eigenvalue weighted by atomic mass is 9.98. The van der Waals surface area contributed by atoms with Gasteiger partial charge in [0.1, 0.15) is 5.75 Å². The maximum absolute atomic E-state index is 5.39. The van der Waals surface area contributed by atoms with Gasteiger partial charge in [0.15, 0.2) is 0 Å². The molecule has 4 rings (SSSR count). The summed E-state index contributed by atoms with van der Waals surface area (Å²) < 4.78 is 5.39. The van der Waals surface area contributed by atoms with Gasteiger partial charge in [0, 0.05) is 16.3 Å². The van der Waals surface area contributed by atoms with Crippen LogP contribution in [0.15, 0.2) is 60.7 Å². The zero-order valence-electron chi connectivity index (χ0n) is 14.1. The Hall–Kier alpha value is -2.87. The maximum Gasteiger partial charge on any atom is 0.119 e. The summed E-state index contributed by atoms with van der Waals surface area (Å²) in [7, 11) is 1.69. The van der Waals surface area contributed by atoms with Crippen LogP contribution in [0.4, 0.5) is 0 Å². The number of ether oxygens (including phenoxy) is 1. The largest absolute Gasteiger partial charge is 0.497 e. The first kappa shape index (κ1) is 14.7. The Balaban J connectivity index is 2.09. The van der Waals surface area contributed by atoms with Crippen molar-refractivity contribution in [2.45, 2.75) is 13.8 Å². The van der Waals surface area contributed by atoms with Crippen LogP contribution in [0.2, 0.25) is 0 Å². The molecule has 0 saturated carbocycles. The summed E-state index contributed by atoms with van der Waals surface area (Å²) in [6, 6.07) is 21.1. The first-order valence-corrected chi connectivity index (χ1v) is 8.11. The number of benzene rings is 3. The highest BCUT2D eigenvalue weighted by molar-refractivity contribution is 6.11. The number of pyridine rings is 1. The van der Waals surface area contributed by atoms with Crippen LogP contribution in [-0.4, -0.2) is 12.1 Å². The molecule has 0 aliphatic rings. The molecule has 0 fully saturated rings. The monoisotopic (exact) mass is 313 g/mol. The van der Waals surface area contributed by atoms with Crippen LogP contribution >= 0.6 is 0 Å². The number of fused-ring (bicyclic) bond motifs is 3. The highest BCUT2D eigenvalue weighted by Crippen LogP contribution is 2.34. The molecule has 0 aliphatic carbocycles. The molecule has 0 saturated heterocycles. The van der Waals surface area contributed by atoms with E-state index in [9.17, 15) is 0 Å². The number of aryl methyl sites for hydroxylation is 2. The molecule has 0 unspecified atom stereocenters. The molecule has 4 aromatic rings. The van der Waals surface area contributed by atoms with E-state index in [-0.39, 0.29) is 0 Å². The fourth-order valence-corrected chi connectivity index (χ4v) is 3.17. The van der Waals surface area contributed by atoms with Crippen LogP contribution in [0.5, 0.6) is 5.75 Å². The molecule has 1 heterocycles. The molecule has 0 bridgehead atoms. The van der Waals surface area contributed by atoms with Gasteiger partial charge in [-0.15, -0.1) is 0 Å². The average molecular weight is 313 g/mol. The van der Waals surface area contributed by atoms with Crippen molar-refractivity contribution in [1.29, 1.82) is 0 Å². The minimum atomic E-state index is 0.855. The third-order valence-corrected chi connectivity index (χ3v) is 4.69. The molecule has 0 atom stereocenters. The predicted molar refractivity (Wildman–Crippen MR) is 101 cm³/mol. The van der Waals surface area contributed by atoms with E-state index in [2.05, 4.69) is 62.4 Å². The van der Waals surface area contributed by atoms with E-state index in [1.807, 2.05) is 12.1 Å². The minimum absolute atomic E-state index is 0.855. The summed E-state index contributed by atoms with van der Waals surface area (Å²) >= 11 is 0. The van der Waals surface area contributed by atoms with Gasteiger partial charge in [-0.05, 0) is 54.6 Å². The number of hydrogen-bond donors (Lipinski definition) is 0. The maximum atomic E-state index is 5.39. The van der Waals surface area contributed by atoms with Gasteiger partial charge < -0.3 is 4.74 Å². The fraction of sp³-hybridized carbons (Fsp3) is 0.136. The van der Waals surface area contributed by atoms with Gasteiger partial charge in [0.05, 0.1) is 18.3 Å². The van der Waals surface area contributed by atoms with Crippen molar-refractivity contribution in [3.8, 4) is 17.0 Å². The Kier molecular flexibility index (Phi) is 3.46. The number of methoxy groups -OCH3 is 1. The summed E-state index contributed by atoms with van der Waals surface area (Å²) in [6.45, 7) is 4.28. The van der Waals surface area contributed by atoms with Crippen molar-refractivity contribution in [3.63, 3.8) is 0 Å². The van der Waals surface area contributed by atoms with Crippen molar-refractivity contribution in [2.75, 3.05) is 7.11 Å². The number of rotatable bonds is 2. The predicted octanol–water partition coefficient (Wildman–Crippen LogP) is 5.68. The van der Waals surface area contributed by atoms with Crippen LogP contribution in [0.3, 0.4) is 0 Å². The summed E-state index contributed by atoms with van der Waals surface area (Å²) in [5, 5.41) is 3.49. The van der Waals surface area contributed by atoms with Crippen LogP contribution in [-0.2, 0) is 0 Å². The lowest BCUT2D eigenvalue weighted by Crippen LogP contribution is -1.92. The van der Waals surface area contributed by atoms with E-state index in [1.54, 1.807) is 7.11 Å². The minimum Gasteiger partial charge on any atom is -0.497 e. The molecule has 24 heavy (non-hydrogen) atoms. The van der Waals surface area contributed by atoms with Crippen LogP contribution < -0.4 is 4.74 Å². The number of aromatic nitrogens is 1. The third kappa shape index (κ3) is 2.31. The molecule has 3 aromatic carbocycles. The van der Waals surface area contributed by atoms with Gasteiger partial charge in [0.2, 0.25) is 0 Å². The van der Waals surface area contributed by atoms with Crippen molar-refractivity contribution in [2.24, 2.45) is 0 Å². The molecule has 0 radical (unpaired) electrons. The quantitative estimate of drug-likeness (QED) is 0.444. The Morgan fingerprint density at radius 2 is 1.54 bits per heavy atom. The number of hydrogen-bond acceptors (Lipinski definition) is 2. The van der Waals surface area contributed by atoms with Gasteiger partial charge in [-0.1, -0.05) is 36.4 Å². The van der Waals surface area contributed by atoms with Gasteiger partial charge in [-0.25, -0.2) is 4.98 Å². The highest BCUT2D eigenvalue weighted by atomic mass is 16.5. The zero-order chi connectivity index (χ0) is 16.7. The first-order valence-electron chi connectivity index (χ1n) is 8.11. The SMILES string of the molecule is COc1ccc2nc(-c3ccc(C)c(C)c3)c3ccccc3c2c1. The lowest BCUT2D eigenvalue weighted by Gasteiger charge is -2.12. The summed E-state index contributed by atoms with van der Waals surface area (Å²) in [5.41, 5.74) is 5.77. The summed E-state index contributed by atoms with van der Waals surface area (Å²) in [4.78, 5) is 4.96. The smallest absolute Gasteiger partial charge is 0.119 e. The standard InChI is InChI=1S/C22H19NO/c1-14-8-9-16(12-15(14)2)22-19-7-5-4-6-18(19)20-13-17(24-3)10-11-21(20)23-22/h4-13H,1-3H3. The van der Waals surface area contributed by atoms with Crippen molar-refractivity contribution < 1.29 is 4.74 Å². The molecule has 2 heteroatoms. The van der Waals surface area contributed by atoms with Crippen molar-refractivity contribution in [1.82, 2.24) is 4.98 Å². The molecular weight excluding hydrogens is 294 g/mol. The van der Waals surface area contributed by atoms with E-state index in [0.29, 0.717) is 0 Å². The Labute approximate surface area is 141 Å². The van der Waals surface area contributed by atoms with E-state index in [1.165, 1.54) is 21.9 Å². The molecule has 0 amide bonds. The van der Waals surface area contributed by atoms with Crippen molar-refractivity contribution >= 4 is 21.7 Å². The van der Waals surface area contributed by atoms with E-state index in [0.717, 1.165) is 27.9 Å². The van der Waals surface area contributed by atoms with Crippen molar-refractivity contribution in [3.05, 3.63) is 71.8 Å². The summed E-state index contributed by atoms with van der Waals surface area (Å²) in [6.07, 6.45) is 0. The Bertz CT molecular complexity index is 1070. The molecule has 0 spiro atoms. The van der Waals surface area contributed by atoms with E-state index in [4.69, 9.17) is 9.72 Å². The van der Waals surface area contributed by atoms with Crippen LogP contribution in [0.25, 0.3) is 32.9 Å². The zero-order valence-corrected chi connectivity index (χ0v) is 14.1. The van der Waals surface area contributed by atoms with Crippen LogP contribution in [0.1, 0.15) is 11.1 Å². The normalized spacial score (nSPS) is 11.1. The first-order chi connectivity index (χ1) is 11.7.